The molecule has 0 aliphatic carbocycles. The number of fused-ring (bicyclic) bond motifs is 1. The van der Waals surface area contributed by atoms with Crippen molar-refractivity contribution in [3.8, 4) is 0 Å². The van der Waals surface area contributed by atoms with Crippen LogP contribution < -0.4 is 10.2 Å². The van der Waals surface area contributed by atoms with Gasteiger partial charge in [0.15, 0.2) is 0 Å². The average Bonchev–Trinajstić information content (AvgIpc) is 2.34. The number of thioether (sulfide) groups is 1. The van der Waals surface area contributed by atoms with E-state index in [4.69, 9.17) is 0 Å². The molecular formula is C14H20N2OS. The van der Waals surface area contributed by atoms with Gasteiger partial charge in [-0.1, -0.05) is 12.1 Å². The summed E-state index contributed by atoms with van der Waals surface area (Å²) in [7, 11) is 0. The van der Waals surface area contributed by atoms with E-state index in [0.29, 0.717) is 6.54 Å². The first kappa shape index (κ1) is 13.4. The SMILES string of the molecule is CC(C)(C)NCC(=O)N1CCSc2ccccc21. The molecule has 0 fully saturated rings. The van der Waals surface area contributed by atoms with Crippen molar-refractivity contribution in [2.24, 2.45) is 0 Å². The summed E-state index contributed by atoms with van der Waals surface area (Å²) in [5.74, 6) is 1.12. The van der Waals surface area contributed by atoms with Crippen LogP contribution in [0, 0.1) is 0 Å². The fourth-order valence-corrected chi connectivity index (χ4v) is 2.86. The van der Waals surface area contributed by atoms with Gasteiger partial charge in [-0.2, -0.15) is 0 Å². The van der Waals surface area contributed by atoms with E-state index in [0.717, 1.165) is 18.0 Å². The number of carbonyl (C=O) groups is 1. The maximum absolute atomic E-state index is 12.3. The molecule has 1 aliphatic heterocycles. The molecule has 1 aliphatic rings. The van der Waals surface area contributed by atoms with Crippen LogP contribution in [-0.2, 0) is 4.79 Å². The minimum absolute atomic E-state index is 0.0281. The molecule has 0 bridgehead atoms. The molecule has 1 amide bonds. The van der Waals surface area contributed by atoms with Crippen molar-refractivity contribution in [2.75, 3.05) is 23.7 Å². The first-order valence-corrected chi connectivity index (χ1v) is 7.23. The molecular weight excluding hydrogens is 244 g/mol. The molecule has 1 aromatic carbocycles. The molecule has 0 atom stereocenters. The Morgan fingerprint density at radius 2 is 2.11 bits per heavy atom. The molecule has 0 saturated heterocycles. The number of carbonyl (C=O) groups excluding carboxylic acids is 1. The Bertz CT molecular complexity index is 440. The van der Waals surface area contributed by atoms with E-state index in [1.54, 1.807) is 0 Å². The molecule has 0 aromatic heterocycles. The van der Waals surface area contributed by atoms with Crippen molar-refractivity contribution >= 4 is 23.4 Å². The monoisotopic (exact) mass is 264 g/mol. The molecule has 1 aromatic rings. The lowest BCUT2D eigenvalue weighted by molar-refractivity contribution is -0.118. The van der Waals surface area contributed by atoms with E-state index in [-0.39, 0.29) is 11.4 Å². The minimum atomic E-state index is -0.0281. The summed E-state index contributed by atoms with van der Waals surface area (Å²) in [6.07, 6.45) is 0. The van der Waals surface area contributed by atoms with Gasteiger partial charge >= 0.3 is 0 Å². The summed E-state index contributed by atoms with van der Waals surface area (Å²) < 4.78 is 0. The zero-order chi connectivity index (χ0) is 13.2. The zero-order valence-electron chi connectivity index (χ0n) is 11.2. The van der Waals surface area contributed by atoms with Crippen LogP contribution in [0.15, 0.2) is 29.2 Å². The van der Waals surface area contributed by atoms with Crippen LogP contribution in [0.4, 0.5) is 5.69 Å². The molecule has 0 unspecified atom stereocenters. The van der Waals surface area contributed by atoms with Crippen LogP contribution in [0.5, 0.6) is 0 Å². The second-order valence-corrected chi connectivity index (χ2v) is 6.60. The van der Waals surface area contributed by atoms with Crippen molar-refractivity contribution in [3.05, 3.63) is 24.3 Å². The summed E-state index contributed by atoms with van der Waals surface area (Å²) in [4.78, 5) is 15.4. The van der Waals surface area contributed by atoms with E-state index in [1.165, 1.54) is 4.90 Å². The highest BCUT2D eigenvalue weighted by Gasteiger charge is 2.23. The first-order valence-electron chi connectivity index (χ1n) is 6.24. The number of hydrogen-bond acceptors (Lipinski definition) is 3. The van der Waals surface area contributed by atoms with Gasteiger partial charge in [0.1, 0.15) is 0 Å². The van der Waals surface area contributed by atoms with Crippen LogP contribution in [-0.4, -0.2) is 30.3 Å². The molecule has 1 heterocycles. The molecule has 4 heteroatoms. The van der Waals surface area contributed by atoms with Crippen molar-refractivity contribution in [1.82, 2.24) is 5.32 Å². The van der Waals surface area contributed by atoms with Gasteiger partial charge in [0.25, 0.3) is 0 Å². The van der Waals surface area contributed by atoms with Gasteiger partial charge < -0.3 is 10.2 Å². The number of rotatable bonds is 2. The Kier molecular flexibility index (Phi) is 3.97. The van der Waals surface area contributed by atoms with Crippen LogP contribution in [0.1, 0.15) is 20.8 Å². The number of para-hydroxylation sites is 1. The number of benzene rings is 1. The van der Waals surface area contributed by atoms with E-state index >= 15 is 0 Å². The van der Waals surface area contributed by atoms with E-state index in [2.05, 4.69) is 32.2 Å². The van der Waals surface area contributed by atoms with Crippen molar-refractivity contribution in [3.63, 3.8) is 0 Å². The smallest absolute Gasteiger partial charge is 0.241 e. The second kappa shape index (κ2) is 5.33. The van der Waals surface area contributed by atoms with Crippen molar-refractivity contribution in [2.45, 2.75) is 31.2 Å². The molecule has 1 N–H and O–H groups in total. The highest BCUT2D eigenvalue weighted by Crippen LogP contribution is 2.34. The zero-order valence-corrected chi connectivity index (χ0v) is 12.0. The Morgan fingerprint density at radius 3 is 2.83 bits per heavy atom. The van der Waals surface area contributed by atoms with Gasteiger partial charge in [0, 0.05) is 22.7 Å². The number of nitrogens with zero attached hydrogens (tertiary/aromatic N) is 1. The highest BCUT2D eigenvalue weighted by atomic mass is 32.2. The molecule has 0 radical (unpaired) electrons. The largest absolute Gasteiger partial charge is 0.309 e. The average molecular weight is 264 g/mol. The highest BCUT2D eigenvalue weighted by molar-refractivity contribution is 7.99. The number of amides is 1. The molecule has 98 valence electrons. The fourth-order valence-electron chi connectivity index (χ4n) is 1.86. The lowest BCUT2D eigenvalue weighted by Gasteiger charge is -2.30. The third-order valence-corrected chi connectivity index (χ3v) is 3.84. The molecule has 2 rings (SSSR count). The van der Waals surface area contributed by atoms with Crippen LogP contribution in [0.25, 0.3) is 0 Å². The quantitative estimate of drug-likeness (QED) is 0.891. The van der Waals surface area contributed by atoms with Crippen molar-refractivity contribution in [1.29, 1.82) is 0 Å². The summed E-state index contributed by atoms with van der Waals surface area (Å²) in [5.41, 5.74) is 1.02. The molecule has 0 saturated carbocycles. The lowest BCUT2D eigenvalue weighted by Crippen LogP contribution is -2.46. The van der Waals surface area contributed by atoms with E-state index in [1.807, 2.05) is 34.9 Å². The number of nitrogens with one attached hydrogen (secondary N) is 1. The Morgan fingerprint density at radius 1 is 1.39 bits per heavy atom. The number of hydrogen-bond donors (Lipinski definition) is 1. The Balaban J connectivity index is 2.08. The van der Waals surface area contributed by atoms with E-state index < -0.39 is 0 Å². The number of anilines is 1. The summed E-state index contributed by atoms with van der Waals surface area (Å²) >= 11 is 1.82. The van der Waals surface area contributed by atoms with Gasteiger partial charge in [0.05, 0.1) is 12.2 Å². The lowest BCUT2D eigenvalue weighted by atomic mass is 10.1. The summed E-state index contributed by atoms with van der Waals surface area (Å²) in [6.45, 7) is 7.40. The van der Waals surface area contributed by atoms with E-state index in [9.17, 15) is 4.79 Å². The normalized spacial score (nSPS) is 15.4. The van der Waals surface area contributed by atoms with Crippen LogP contribution in [0.2, 0.25) is 0 Å². The standard InChI is InChI=1S/C14H20N2OS/c1-14(2,3)15-10-13(17)16-8-9-18-12-7-5-4-6-11(12)16/h4-7,15H,8-10H2,1-3H3. The van der Waals surface area contributed by atoms with Crippen LogP contribution in [0.3, 0.4) is 0 Å². The van der Waals surface area contributed by atoms with Gasteiger partial charge in [-0.3, -0.25) is 4.79 Å². The second-order valence-electron chi connectivity index (χ2n) is 5.47. The molecule has 0 spiro atoms. The van der Waals surface area contributed by atoms with Crippen LogP contribution >= 0.6 is 11.8 Å². The Labute approximate surface area is 113 Å². The Hall–Kier alpha value is -1.00. The van der Waals surface area contributed by atoms with Gasteiger partial charge in [0.2, 0.25) is 5.91 Å². The maximum Gasteiger partial charge on any atom is 0.241 e. The maximum atomic E-state index is 12.3. The summed E-state index contributed by atoms with van der Waals surface area (Å²) in [6, 6.07) is 8.11. The predicted octanol–water partition coefficient (Wildman–Crippen LogP) is 2.51. The first-order chi connectivity index (χ1) is 8.47. The predicted molar refractivity (Wildman–Crippen MR) is 77.3 cm³/mol. The minimum Gasteiger partial charge on any atom is -0.309 e. The third-order valence-electron chi connectivity index (χ3n) is 2.80. The topological polar surface area (TPSA) is 32.3 Å². The van der Waals surface area contributed by atoms with Gasteiger partial charge in [-0.05, 0) is 32.9 Å². The van der Waals surface area contributed by atoms with Gasteiger partial charge in [-0.15, -0.1) is 11.8 Å². The summed E-state index contributed by atoms with van der Waals surface area (Å²) in [5, 5.41) is 3.25. The molecule has 3 nitrogen and oxygen atoms in total. The third kappa shape index (κ3) is 3.27. The molecule has 18 heavy (non-hydrogen) atoms. The fraction of sp³-hybridized carbons (Fsp3) is 0.500. The van der Waals surface area contributed by atoms with Gasteiger partial charge in [-0.25, -0.2) is 0 Å². The van der Waals surface area contributed by atoms with Crippen molar-refractivity contribution < 1.29 is 4.79 Å².